The minimum atomic E-state index is -3.98. The molecule has 0 saturated heterocycles. The van der Waals surface area contributed by atoms with Gasteiger partial charge in [0, 0.05) is 12.1 Å². The van der Waals surface area contributed by atoms with Crippen molar-refractivity contribution in [3.63, 3.8) is 0 Å². The van der Waals surface area contributed by atoms with Gasteiger partial charge in [0.15, 0.2) is 11.5 Å². The Morgan fingerprint density at radius 1 is 0.744 bits per heavy atom. The summed E-state index contributed by atoms with van der Waals surface area (Å²) in [7, 11) is -0.853. The van der Waals surface area contributed by atoms with Gasteiger partial charge in [-0.3, -0.25) is 14.3 Å². The van der Waals surface area contributed by atoms with Crippen LogP contribution in [0, 0.1) is 20.8 Å². The van der Waals surface area contributed by atoms with Crippen molar-refractivity contribution < 1.29 is 27.5 Å². The van der Waals surface area contributed by atoms with E-state index >= 15 is 0 Å². The number of carbonyl (C=O) groups is 2. The van der Waals surface area contributed by atoms with E-state index in [0.29, 0.717) is 41.4 Å². The van der Waals surface area contributed by atoms with Crippen molar-refractivity contribution in [2.75, 3.05) is 30.8 Å². The molecule has 3 N–H and O–H groups in total. The van der Waals surface area contributed by atoms with Crippen LogP contribution in [0.25, 0.3) is 0 Å². The first-order chi connectivity index (χ1) is 20.5. The Balaban J connectivity index is 1.47. The average Bonchev–Trinajstić information content (AvgIpc) is 2.99. The van der Waals surface area contributed by atoms with Crippen molar-refractivity contribution >= 4 is 33.2 Å². The first-order valence-corrected chi connectivity index (χ1v) is 15.1. The van der Waals surface area contributed by atoms with Gasteiger partial charge in [0.05, 0.1) is 36.1 Å². The number of sulfonamides is 1. The number of hydrogen-bond donors (Lipinski definition) is 3. The van der Waals surface area contributed by atoms with Crippen molar-refractivity contribution in [2.24, 2.45) is 0 Å². The highest BCUT2D eigenvalue weighted by Gasteiger charge is 2.21. The molecule has 0 radical (unpaired) electrons. The van der Waals surface area contributed by atoms with Crippen LogP contribution in [0.5, 0.6) is 11.5 Å². The van der Waals surface area contributed by atoms with Crippen LogP contribution in [-0.4, -0.2) is 41.0 Å². The van der Waals surface area contributed by atoms with Crippen molar-refractivity contribution in [1.29, 1.82) is 0 Å². The molecule has 0 fully saturated rings. The monoisotopic (exact) mass is 601 g/mol. The molecule has 9 nitrogen and oxygen atoms in total. The van der Waals surface area contributed by atoms with Gasteiger partial charge in [0.1, 0.15) is 0 Å². The normalized spacial score (nSPS) is 11.0. The Morgan fingerprint density at radius 2 is 1.47 bits per heavy atom. The first kappa shape index (κ1) is 31.1. The van der Waals surface area contributed by atoms with Crippen LogP contribution in [0.1, 0.15) is 43.0 Å². The molecule has 0 unspecified atom stereocenters. The summed E-state index contributed by atoms with van der Waals surface area (Å²) in [5.41, 5.74) is 4.40. The smallest absolute Gasteiger partial charge is 0.262 e. The van der Waals surface area contributed by atoms with Gasteiger partial charge in [-0.05, 0) is 91.9 Å². The van der Waals surface area contributed by atoms with Gasteiger partial charge in [0.2, 0.25) is 0 Å². The van der Waals surface area contributed by atoms with Crippen LogP contribution in [-0.2, 0) is 16.4 Å². The van der Waals surface area contributed by atoms with Gasteiger partial charge in [-0.15, -0.1) is 0 Å². The van der Waals surface area contributed by atoms with E-state index < -0.39 is 15.9 Å². The largest absolute Gasteiger partial charge is 0.493 e. The molecule has 0 aliphatic heterocycles. The molecule has 0 bridgehead atoms. The standard InChI is InChI=1S/C33H35N3O6S/c1-21-9-8-12-27(23(21)3)36-43(39,40)31-20-25(15-13-22(31)2)32(37)35-28-11-7-6-10-26(28)33(38)34-18-17-24-14-16-29(41-4)30(19-24)42-5/h6-16,19-20,36H,17-18H2,1-5H3,(H,34,38)(H,35,37). The molecule has 0 aliphatic carbocycles. The van der Waals surface area contributed by atoms with E-state index in [2.05, 4.69) is 15.4 Å². The number of hydrogen-bond acceptors (Lipinski definition) is 6. The molecule has 0 atom stereocenters. The Bertz CT molecular complexity index is 1770. The number of aryl methyl sites for hydroxylation is 2. The Morgan fingerprint density at radius 3 is 2.21 bits per heavy atom. The molecule has 10 heteroatoms. The molecule has 43 heavy (non-hydrogen) atoms. The lowest BCUT2D eigenvalue weighted by Crippen LogP contribution is -2.27. The molecule has 0 heterocycles. The second-order valence-corrected chi connectivity index (χ2v) is 11.7. The van der Waals surface area contributed by atoms with Crippen molar-refractivity contribution in [2.45, 2.75) is 32.1 Å². The highest BCUT2D eigenvalue weighted by atomic mass is 32.2. The van der Waals surface area contributed by atoms with Gasteiger partial charge in [-0.25, -0.2) is 8.42 Å². The number of para-hydroxylation sites is 1. The van der Waals surface area contributed by atoms with Gasteiger partial charge < -0.3 is 20.1 Å². The maximum absolute atomic E-state index is 13.3. The van der Waals surface area contributed by atoms with E-state index in [1.807, 2.05) is 38.1 Å². The highest BCUT2D eigenvalue weighted by molar-refractivity contribution is 7.92. The molecular weight excluding hydrogens is 566 g/mol. The van der Waals surface area contributed by atoms with E-state index in [9.17, 15) is 18.0 Å². The summed E-state index contributed by atoms with van der Waals surface area (Å²) in [5, 5.41) is 5.65. The maximum atomic E-state index is 13.3. The molecule has 2 amide bonds. The number of benzene rings is 4. The second-order valence-electron chi connectivity index (χ2n) is 10.0. The molecule has 224 valence electrons. The lowest BCUT2D eigenvalue weighted by molar-refractivity contribution is 0.0955. The minimum absolute atomic E-state index is 0.0118. The first-order valence-electron chi connectivity index (χ1n) is 13.6. The Kier molecular flexibility index (Phi) is 9.72. The molecule has 4 aromatic rings. The zero-order chi connectivity index (χ0) is 31.1. The van der Waals surface area contributed by atoms with Crippen LogP contribution in [0.3, 0.4) is 0 Å². The summed E-state index contributed by atoms with van der Waals surface area (Å²) in [6, 6.07) is 22.0. The summed E-state index contributed by atoms with van der Waals surface area (Å²) < 4.78 is 39.9. The Labute approximate surface area is 252 Å². The lowest BCUT2D eigenvalue weighted by Gasteiger charge is -2.15. The van der Waals surface area contributed by atoms with Crippen molar-refractivity contribution in [3.8, 4) is 11.5 Å². The number of nitrogens with one attached hydrogen (secondary N) is 3. The molecule has 4 aromatic carbocycles. The summed E-state index contributed by atoms with van der Waals surface area (Å²) in [5.74, 6) is 0.318. The number of amides is 2. The molecular formula is C33H35N3O6S. The average molecular weight is 602 g/mol. The van der Waals surface area contributed by atoms with E-state index in [1.54, 1.807) is 69.7 Å². The van der Waals surface area contributed by atoms with Crippen LogP contribution < -0.4 is 24.8 Å². The van der Waals surface area contributed by atoms with E-state index in [1.165, 1.54) is 6.07 Å². The van der Waals surface area contributed by atoms with E-state index in [-0.39, 0.29) is 21.9 Å². The zero-order valence-corrected chi connectivity index (χ0v) is 25.6. The zero-order valence-electron chi connectivity index (χ0n) is 24.8. The minimum Gasteiger partial charge on any atom is -0.493 e. The second kappa shape index (κ2) is 13.4. The number of methoxy groups -OCH3 is 2. The van der Waals surface area contributed by atoms with Gasteiger partial charge in [-0.1, -0.05) is 36.4 Å². The van der Waals surface area contributed by atoms with E-state index in [4.69, 9.17) is 9.47 Å². The summed E-state index contributed by atoms with van der Waals surface area (Å²) in [6.07, 6.45) is 0.553. The number of anilines is 2. The van der Waals surface area contributed by atoms with Crippen LogP contribution in [0.2, 0.25) is 0 Å². The van der Waals surface area contributed by atoms with Crippen LogP contribution in [0.15, 0.2) is 83.8 Å². The summed E-state index contributed by atoms with van der Waals surface area (Å²) >= 11 is 0. The maximum Gasteiger partial charge on any atom is 0.262 e. The van der Waals surface area contributed by atoms with Crippen LogP contribution in [0.4, 0.5) is 11.4 Å². The fourth-order valence-corrected chi connectivity index (χ4v) is 5.92. The SMILES string of the molecule is COc1ccc(CCNC(=O)c2ccccc2NC(=O)c2ccc(C)c(S(=O)(=O)Nc3cccc(C)c3C)c2)cc1OC. The molecule has 4 rings (SSSR count). The fraction of sp³-hybridized carbons (Fsp3) is 0.212. The van der Waals surface area contributed by atoms with Crippen molar-refractivity contribution in [1.82, 2.24) is 5.32 Å². The summed E-state index contributed by atoms with van der Waals surface area (Å²) in [4.78, 5) is 26.3. The quantitative estimate of drug-likeness (QED) is 0.204. The molecule has 0 aromatic heterocycles. The lowest BCUT2D eigenvalue weighted by atomic mass is 10.1. The molecule has 0 aliphatic rings. The number of ether oxygens (including phenoxy) is 2. The number of rotatable bonds is 11. The predicted octanol–water partition coefficient (Wildman–Crippen LogP) is 5.65. The highest BCUT2D eigenvalue weighted by Crippen LogP contribution is 2.28. The van der Waals surface area contributed by atoms with Gasteiger partial charge in [-0.2, -0.15) is 0 Å². The third kappa shape index (κ3) is 7.34. The fourth-order valence-electron chi connectivity index (χ4n) is 4.53. The van der Waals surface area contributed by atoms with Gasteiger partial charge >= 0.3 is 0 Å². The predicted molar refractivity (Wildman–Crippen MR) is 168 cm³/mol. The molecule has 0 saturated carbocycles. The Hall–Kier alpha value is -4.83. The third-order valence-electron chi connectivity index (χ3n) is 7.16. The molecule has 0 spiro atoms. The third-order valence-corrected chi connectivity index (χ3v) is 8.66. The summed E-state index contributed by atoms with van der Waals surface area (Å²) in [6.45, 7) is 5.76. The van der Waals surface area contributed by atoms with Crippen LogP contribution >= 0.6 is 0 Å². The number of carbonyl (C=O) groups excluding carboxylic acids is 2. The van der Waals surface area contributed by atoms with Gasteiger partial charge in [0.25, 0.3) is 21.8 Å². The topological polar surface area (TPSA) is 123 Å². The van der Waals surface area contributed by atoms with Crippen molar-refractivity contribution in [3.05, 3.63) is 112 Å². The van der Waals surface area contributed by atoms with E-state index in [0.717, 1.165) is 16.7 Å².